The van der Waals surface area contributed by atoms with E-state index in [9.17, 15) is 2.74 Å². The van der Waals surface area contributed by atoms with Gasteiger partial charge in [-0.05, 0) is 149 Å². The summed E-state index contributed by atoms with van der Waals surface area (Å²) in [6, 6.07) is 53.5. The predicted molar refractivity (Wildman–Crippen MR) is 270 cm³/mol. The van der Waals surface area contributed by atoms with Gasteiger partial charge in [-0.25, -0.2) is 0 Å². The Hall–Kier alpha value is -5.11. The highest BCUT2D eigenvalue weighted by Crippen LogP contribution is 2.49. The molecule has 0 aromatic heterocycles. The molecule has 0 aliphatic carbocycles. The average Bonchev–Trinajstić information content (AvgIpc) is 3.27. The zero-order valence-electron chi connectivity index (χ0n) is 33.4. The SMILES string of the molecule is [2H]c1cc2c3c(cc4c([2H])cc5c6c(cc1c3c46)B1c3ccc(Br)cc3N(c3ccccc3)c3cc(Br)cc-5c31)B1c3ccc(Br)cc3N(c3ccccc3)c3cc(Br)cc-2c31. The van der Waals surface area contributed by atoms with Crippen molar-refractivity contribution in [2.24, 2.45) is 0 Å². The molecular weight excluding hydrogens is 994 g/mol. The lowest BCUT2D eigenvalue weighted by Gasteiger charge is -2.42. The Morgan fingerprint density at radius 1 is 0.367 bits per heavy atom. The number of fused-ring (bicyclic) bond motifs is 8. The van der Waals surface area contributed by atoms with Crippen molar-refractivity contribution in [3.63, 3.8) is 0 Å². The van der Waals surface area contributed by atoms with Gasteiger partial charge in [0, 0.05) is 52.0 Å². The third kappa shape index (κ3) is 4.45. The molecule has 14 rings (SSSR count). The van der Waals surface area contributed by atoms with Crippen LogP contribution in [0.1, 0.15) is 2.74 Å². The van der Waals surface area contributed by atoms with Gasteiger partial charge in [0.25, 0.3) is 0 Å². The van der Waals surface area contributed by atoms with Crippen LogP contribution in [0, 0.1) is 0 Å². The molecule has 60 heavy (non-hydrogen) atoms. The number of hydrogen-bond acceptors (Lipinski definition) is 2. The summed E-state index contributed by atoms with van der Waals surface area (Å²) in [5, 5.41) is 6.39. The van der Waals surface area contributed by atoms with Crippen molar-refractivity contribution in [3.8, 4) is 22.3 Å². The van der Waals surface area contributed by atoms with E-state index in [0.717, 1.165) is 95.8 Å². The number of benzene rings is 10. The number of hydrogen-bond donors (Lipinski definition) is 0. The van der Waals surface area contributed by atoms with Crippen LogP contribution in [-0.2, 0) is 0 Å². The van der Waals surface area contributed by atoms with E-state index in [-0.39, 0.29) is 13.4 Å². The molecule has 0 atom stereocenters. The lowest BCUT2D eigenvalue weighted by atomic mass is 9.31. The minimum Gasteiger partial charge on any atom is -0.311 e. The Morgan fingerprint density at radius 2 is 0.783 bits per heavy atom. The van der Waals surface area contributed by atoms with Crippen molar-refractivity contribution in [2.75, 3.05) is 9.80 Å². The number of rotatable bonds is 2. The molecule has 0 fully saturated rings. The summed E-state index contributed by atoms with van der Waals surface area (Å²) in [5.41, 5.74) is 18.3. The first-order valence-electron chi connectivity index (χ1n) is 21.0. The summed E-state index contributed by atoms with van der Waals surface area (Å²) < 4.78 is 24.0. The Balaban J connectivity index is 1.14. The van der Waals surface area contributed by atoms with Crippen molar-refractivity contribution >= 4 is 176 Å². The van der Waals surface area contributed by atoms with Crippen LogP contribution in [0.3, 0.4) is 0 Å². The van der Waals surface area contributed by atoms with Crippen molar-refractivity contribution in [1.82, 2.24) is 0 Å². The fraction of sp³-hybridized carbons (Fsp3) is 0. The van der Waals surface area contributed by atoms with Gasteiger partial charge in [-0.2, -0.15) is 0 Å². The summed E-state index contributed by atoms with van der Waals surface area (Å²) in [6.07, 6.45) is 0. The van der Waals surface area contributed by atoms with E-state index in [1.165, 1.54) is 43.5 Å². The van der Waals surface area contributed by atoms with E-state index >= 15 is 0 Å². The summed E-state index contributed by atoms with van der Waals surface area (Å²) in [7, 11) is 0. The van der Waals surface area contributed by atoms with E-state index in [0.29, 0.717) is 12.1 Å². The molecule has 0 saturated carbocycles. The van der Waals surface area contributed by atoms with Gasteiger partial charge < -0.3 is 9.80 Å². The smallest absolute Gasteiger partial charge is 0.248 e. The number of anilines is 6. The second-order valence-corrected chi connectivity index (χ2v) is 20.0. The van der Waals surface area contributed by atoms with Gasteiger partial charge in [0.2, 0.25) is 13.4 Å². The maximum atomic E-state index is 9.99. The molecule has 278 valence electrons. The molecule has 10 aromatic carbocycles. The predicted octanol–water partition coefficient (Wildman–Crippen LogP) is 12.2. The van der Waals surface area contributed by atoms with Crippen LogP contribution in [0.25, 0.3) is 54.6 Å². The van der Waals surface area contributed by atoms with E-state index in [2.05, 4.69) is 219 Å². The molecule has 4 aliphatic heterocycles. The quantitative estimate of drug-likeness (QED) is 0.126. The van der Waals surface area contributed by atoms with E-state index < -0.39 is 0 Å². The first kappa shape index (κ1) is 32.6. The Labute approximate surface area is 383 Å². The van der Waals surface area contributed by atoms with Gasteiger partial charge >= 0.3 is 0 Å². The van der Waals surface area contributed by atoms with Crippen LogP contribution >= 0.6 is 63.7 Å². The number of para-hydroxylation sites is 2. The first-order valence-corrected chi connectivity index (χ1v) is 23.2. The normalized spacial score (nSPS) is 14.3. The largest absolute Gasteiger partial charge is 0.311 e. The summed E-state index contributed by atoms with van der Waals surface area (Å²) in [5.74, 6) is 0. The van der Waals surface area contributed by atoms with Crippen molar-refractivity contribution in [2.45, 2.75) is 0 Å². The molecule has 0 spiro atoms. The monoisotopic (exact) mass is 1020 g/mol. The fourth-order valence-electron chi connectivity index (χ4n) is 11.3. The molecule has 10 aromatic rings. The number of halogens is 4. The molecule has 0 amide bonds. The van der Waals surface area contributed by atoms with Gasteiger partial charge in [0.05, 0.1) is 2.74 Å². The second kappa shape index (κ2) is 12.3. The van der Waals surface area contributed by atoms with Gasteiger partial charge in [-0.15, -0.1) is 0 Å². The van der Waals surface area contributed by atoms with Crippen LogP contribution < -0.4 is 42.6 Å². The molecule has 2 nitrogen and oxygen atoms in total. The maximum Gasteiger partial charge on any atom is 0.248 e. The minimum atomic E-state index is -0.0924. The molecule has 0 bridgehead atoms. The van der Waals surface area contributed by atoms with Crippen molar-refractivity contribution < 1.29 is 2.74 Å². The second-order valence-electron chi connectivity index (χ2n) is 16.3. The van der Waals surface area contributed by atoms with Gasteiger partial charge in [0.1, 0.15) is 0 Å². The zero-order valence-corrected chi connectivity index (χ0v) is 37.8. The molecule has 4 aliphatic rings. The Bertz CT molecular complexity index is 3450. The summed E-state index contributed by atoms with van der Waals surface area (Å²) >= 11 is 15.6. The lowest BCUT2D eigenvalue weighted by molar-refractivity contribution is 1.29. The van der Waals surface area contributed by atoms with Gasteiger partial charge in [0.15, 0.2) is 0 Å². The standard InChI is InChI=1S/C52H26B2Br4N2/c55-29-13-17-39-43(23-29)59(33-7-3-1-4-8-33)45-25-31(57)21-37-35-15-11-28-20-42-50-36(16-12-27-19-41(53(39)51(37)45)49(35)47(28)48(27)50)38-22-32(58)26-46-52(38)54(42)40-18-14-30(56)24-44(40)60(46)34-9-5-2-6-10-34/h1-26H/i11D,12D. The molecule has 0 N–H and O–H groups in total. The highest BCUT2D eigenvalue weighted by atomic mass is 79.9. The number of nitrogens with zero attached hydrogens (tertiary/aromatic N) is 2. The third-order valence-corrected chi connectivity index (χ3v) is 15.3. The fourth-order valence-corrected chi connectivity index (χ4v) is 12.9. The molecule has 0 radical (unpaired) electrons. The molecule has 0 saturated heterocycles. The van der Waals surface area contributed by atoms with Crippen LogP contribution in [-0.4, -0.2) is 13.4 Å². The average molecular weight is 1020 g/mol. The first-order chi connectivity index (χ1) is 30.2. The molecule has 4 heterocycles. The van der Waals surface area contributed by atoms with E-state index in [1.807, 2.05) is 0 Å². The Morgan fingerprint density at radius 3 is 1.22 bits per heavy atom. The van der Waals surface area contributed by atoms with Gasteiger partial charge in [-0.3, -0.25) is 0 Å². The third-order valence-electron chi connectivity index (χ3n) is 13.4. The molecule has 0 unspecified atom stereocenters. The highest BCUT2D eigenvalue weighted by Gasteiger charge is 2.45. The lowest BCUT2D eigenvalue weighted by Crippen LogP contribution is -2.60. The van der Waals surface area contributed by atoms with Crippen molar-refractivity contribution in [3.05, 3.63) is 176 Å². The summed E-state index contributed by atoms with van der Waals surface area (Å²) in [4.78, 5) is 4.76. The topological polar surface area (TPSA) is 6.48 Å². The van der Waals surface area contributed by atoms with Crippen LogP contribution in [0.4, 0.5) is 34.1 Å². The highest BCUT2D eigenvalue weighted by molar-refractivity contribution is 9.11. The van der Waals surface area contributed by atoms with Crippen LogP contribution in [0.5, 0.6) is 0 Å². The minimum absolute atomic E-state index is 0.0924. The maximum absolute atomic E-state index is 9.99. The molecular formula is C52H26B2Br4N2. The van der Waals surface area contributed by atoms with Crippen molar-refractivity contribution in [1.29, 1.82) is 0 Å². The zero-order chi connectivity index (χ0) is 41.4. The van der Waals surface area contributed by atoms with E-state index in [4.69, 9.17) is 0 Å². The molecule has 8 heteroatoms. The van der Waals surface area contributed by atoms with Crippen LogP contribution in [0.15, 0.2) is 176 Å². The summed E-state index contributed by atoms with van der Waals surface area (Å²) in [6.45, 7) is -0.185. The van der Waals surface area contributed by atoms with Gasteiger partial charge in [-0.1, -0.05) is 160 Å². The van der Waals surface area contributed by atoms with Crippen LogP contribution in [0.2, 0.25) is 0 Å². The Kier molecular flexibility index (Phi) is 6.67. The van der Waals surface area contributed by atoms with E-state index in [1.54, 1.807) is 0 Å².